The highest BCUT2D eigenvalue weighted by Gasteiger charge is 2.38. The number of carbonyl (C=O) groups is 1. The second-order valence-electron chi connectivity index (χ2n) is 6.50. The number of nitrogens with zero attached hydrogens (tertiary/aromatic N) is 1. The zero-order valence-electron chi connectivity index (χ0n) is 15.6. The highest BCUT2D eigenvalue weighted by Crippen LogP contribution is 2.33. The number of methoxy groups -OCH3 is 2. The number of carbonyl (C=O) groups excluding carboxylic acids is 1. The predicted molar refractivity (Wildman–Crippen MR) is 96.8 cm³/mol. The van der Waals surface area contributed by atoms with E-state index in [1.807, 2.05) is 0 Å². The van der Waals surface area contributed by atoms with E-state index >= 15 is 0 Å². The maximum atomic E-state index is 14.0. The van der Waals surface area contributed by atoms with Gasteiger partial charge in [0.15, 0.2) is 17.1 Å². The van der Waals surface area contributed by atoms with Gasteiger partial charge in [0.25, 0.3) is 0 Å². The van der Waals surface area contributed by atoms with E-state index in [0.29, 0.717) is 17.1 Å². The van der Waals surface area contributed by atoms with Crippen LogP contribution in [0.1, 0.15) is 29.3 Å². The predicted octanol–water partition coefficient (Wildman–Crippen LogP) is 3.72. The summed E-state index contributed by atoms with van der Waals surface area (Å²) in [5, 5.41) is 3.85. The molecule has 0 fully saturated rings. The van der Waals surface area contributed by atoms with Gasteiger partial charge in [-0.25, -0.2) is 13.6 Å². The summed E-state index contributed by atoms with van der Waals surface area (Å²) in [4.78, 5) is 17.1. The van der Waals surface area contributed by atoms with Gasteiger partial charge in [0.1, 0.15) is 18.2 Å². The molecule has 1 heterocycles. The molecule has 3 rings (SSSR count). The minimum atomic E-state index is -0.948. The first kappa shape index (κ1) is 19.6. The lowest BCUT2D eigenvalue weighted by Crippen LogP contribution is -2.33. The Morgan fingerprint density at radius 1 is 1.18 bits per heavy atom. The molecule has 2 aromatic rings. The normalized spacial score (nSPS) is 18.2. The first-order chi connectivity index (χ1) is 13.4. The maximum absolute atomic E-state index is 14.0. The minimum absolute atomic E-state index is 0.0110. The molecule has 1 aliphatic rings. The van der Waals surface area contributed by atoms with E-state index in [1.54, 1.807) is 19.1 Å². The molecule has 0 amide bonds. The lowest BCUT2D eigenvalue weighted by atomic mass is 9.96. The zero-order valence-corrected chi connectivity index (χ0v) is 15.6. The summed E-state index contributed by atoms with van der Waals surface area (Å²) in [5.74, 6) is -1.22. The number of hydrogen-bond donors (Lipinski definition) is 0. The summed E-state index contributed by atoms with van der Waals surface area (Å²) in [5.41, 5.74) is -0.703. The van der Waals surface area contributed by atoms with Crippen molar-refractivity contribution in [2.24, 2.45) is 5.16 Å². The fourth-order valence-corrected chi connectivity index (χ4v) is 2.83. The summed E-state index contributed by atoms with van der Waals surface area (Å²) < 4.78 is 43.7. The Labute approximate surface area is 160 Å². The maximum Gasteiger partial charge on any atom is 0.337 e. The van der Waals surface area contributed by atoms with Crippen molar-refractivity contribution >= 4 is 11.7 Å². The van der Waals surface area contributed by atoms with E-state index in [2.05, 4.69) is 5.16 Å². The molecule has 0 aliphatic carbocycles. The van der Waals surface area contributed by atoms with E-state index in [1.165, 1.54) is 26.4 Å². The third-order valence-corrected chi connectivity index (χ3v) is 4.29. The van der Waals surface area contributed by atoms with Crippen molar-refractivity contribution < 1.29 is 32.6 Å². The monoisotopic (exact) mass is 391 g/mol. The number of esters is 1. The fraction of sp³-hybridized carbons (Fsp3) is 0.300. The van der Waals surface area contributed by atoms with Gasteiger partial charge in [0.05, 0.1) is 31.1 Å². The Morgan fingerprint density at radius 3 is 2.54 bits per heavy atom. The number of hydrogen-bond acceptors (Lipinski definition) is 6. The molecular formula is C20H19F2NO5. The van der Waals surface area contributed by atoms with E-state index in [-0.39, 0.29) is 24.3 Å². The van der Waals surface area contributed by atoms with Gasteiger partial charge in [-0.1, -0.05) is 11.2 Å². The summed E-state index contributed by atoms with van der Waals surface area (Å²) in [7, 11) is 2.75. The Hall–Kier alpha value is -3.16. The van der Waals surface area contributed by atoms with Crippen LogP contribution in [0.4, 0.5) is 8.78 Å². The van der Waals surface area contributed by atoms with Gasteiger partial charge in [-0.15, -0.1) is 0 Å². The second-order valence-corrected chi connectivity index (χ2v) is 6.50. The summed E-state index contributed by atoms with van der Waals surface area (Å²) >= 11 is 0. The van der Waals surface area contributed by atoms with Crippen molar-refractivity contribution in [3.05, 3.63) is 59.2 Å². The molecule has 0 saturated heterocycles. The van der Waals surface area contributed by atoms with Gasteiger partial charge in [-0.2, -0.15) is 0 Å². The van der Waals surface area contributed by atoms with Crippen molar-refractivity contribution in [3.63, 3.8) is 0 Å². The van der Waals surface area contributed by atoms with Crippen LogP contribution in [0, 0.1) is 11.6 Å². The Bertz CT molecular complexity index is 911. The molecule has 0 N–H and O–H groups in total. The molecule has 0 bridgehead atoms. The number of oxime groups is 1. The van der Waals surface area contributed by atoms with Crippen molar-refractivity contribution in [3.8, 4) is 11.5 Å². The molecule has 0 aromatic heterocycles. The quantitative estimate of drug-likeness (QED) is 0.702. The standard InChI is InChI=1S/C20H19F2NO5/c1-20(10-15(23-28-20)18-13(21)5-4-6-14(18)22)11-27-17-9-12(19(24)26-3)7-8-16(17)25-2/h4-9H,10-11H2,1-3H3. The van der Waals surface area contributed by atoms with Crippen LogP contribution < -0.4 is 9.47 Å². The molecule has 6 nitrogen and oxygen atoms in total. The number of benzene rings is 2. The van der Waals surface area contributed by atoms with Gasteiger partial charge >= 0.3 is 5.97 Å². The summed E-state index contributed by atoms with van der Waals surface area (Å²) in [6.07, 6.45) is 0.143. The average molecular weight is 391 g/mol. The van der Waals surface area contributed by atoms with Crippen molar-refractivity contribution in [1.82, 2.24) is 0 Å². The third-order valence-electron chi connectivity index (χ3n) is 4.29. The van der Waals surface area contributed by atoms with E-state index in [4.69, 9.17) is 19.0 Å². The largest absolute Gasteiger partial charge is 0.493 e. The van der Waals surface area contributed by atoms with Crippen LogP contribution in [-0.4, -0.2) is 38.1 Å². The van der Waals surface area contributed by atoms with Gasteiger partial charge in [-0.05, 0) is 37.3 Å². The van der Waals surface area contributed by atoms with Gasteiger partial charge in [-0.3, -0.25) is 0 Å². The van der Waals surface area contributed by atoms with Crippen LogP contribution in [0.5, 0.6) is 11.5 Å². The SMILES string of the molecule is COC(=O)c1ccc(OC)c(OCC2(C)CC(c3c(F)cccc3F)=NO2)c1. The van der Waals surface area contributed by atoms with Crippen molar-refractivity contribution in [2.45, 2.75) is 18.9 Å². The molecule has 0 radical (unpaired) electrons. The molecular weight excluding hydrogens is 372 g/mol. The zero-order chi connectivity index (χ0) is 20.3. The van der Waals surface area contributed by atoms with Crippen LogP contribution in [0.3, 0.4) is 0 Å². The topological polar surface area (TPSA) is 66.4 Å². The molecule has 148 valence electrons. The Kier molecular flexibility index (Phi) is 5.48. The minimum Gasteiger partial charge on any atom is -0.493 e. The average Bonchev–Trinajstić information content (AvgIpc) is 3.07. The van der Waals surface area contributed by atoms with Crippen LogP contribution >= 0.6 is 0 Å². The first-order valence-electron chi connectivity index (χ1n) is 8.45. The molecule has 0 spiro atoms. The fourth-order valence-electron chi connectivity index (χ4n) is 2.83. The van der Waals surface area contributed by atoms with E-state index < -0.39 is 23.2 Å². The number of halogens is 2. The Morgan fingerprint density at radius 2 is 1.89 bits per heavy atom. The molecule has 28 heavy (non-hydrogen) atoms. The van der Waals surface area contributed by atoms with E-state index in [0.717, 1.165) is 12.1 Å². The lowest BCUT2D eigenvalue weighted by Gasteiger charge is -2.22. The summed E-state index contributed by atoms with van der Waals surface area (Å²) in [6, 6.07) is 8.23. The smallest absolute Gasteiger partial charge is 0.337 e. The number of ether oxygens (including phenoxy) is 3. The van der Waals surface area contributed by atoms with Crippen LogP contribution in [0.25, 0.3) is 0 Å². The molecule has 1 atom stereocenters. The third kappa shape index (κ3) is 3.90. The van der Waals surface area contributed by atoms with Crippen LogP contribution in [0.2, 0.25) is 0 Å². The molecule has 1 aliphatic heterocycles. The highest BCUT2D eigenvalue weighted by atomic mass is 19.1. The second kappa shape index (κ2) is 7.84. The molecule has 1 unspecified atom stereocenters. The molecule has 8 heteroatoms. The van der Waals surface area contributed by atoms with E-state index in [9.17, 15) is 13.6 Å². The van der Waals surface area contributed by atoms with Crippen molar-refractivity contribution in [1.29, 1.82) is 0 Å². The number of rotatable bonds is 6. The molecule has 2 aromatic carbocycles. The van der Waals surface area contributed by atoms with Gasteiger partial charge in [0, 0.05) is 6.42 Å². The summed E-state index contributed by atoms with van der Waals surface area (Å²) in [6.45, 7) is 1.72. The molecule has 0 saturated carbocycles. The first-order valence-corrected chi connectivity index (χ1v) is 8.45. The Balaban J connectivity index is 1.74. The highest BCUT2D eigenvalue weighted by molar-refractivity contribution is 6.02. The van der Waals surface area contributed by atoms with Crippen LogP contribution in [0.15, 0.2) is 41.6 Å². The van der Waals surface area contributed by atoms with Gasteiger partial charge < -0.3 is 19.0 Å². The van der Waals surface area contributed by atoms with Crippen LogP contribution in [-0.2, 0) is 9.57 Å². The lowest BCUT2D eigenvalue weighted by molar-refractivity contribution is -0.0361. The van der Waals surface area contributed by atoms with Gasteiger partial charge in [0.2, 0.25) is 0 Å². The van der Waals surface area contributed by atoms with Crippen molar-refractivity contribution in [2.75, 3.05) is 20.8 Å².